The number of ether oxygens (including phenoxy) is 1. The molecule has 0 aliphatic carbocycles. The monoisotopic (exact) mass is 242 g/mol. The van der Waals surface area contributed by atoms with Crippen LogP contribution in [0.1, 0.15) is 30.9 Å². The zero-order valence-electron chi connectivity index (χ0n) is 11.1. The highest BCUT2D eigenvalue weighted by Crippen LogP contribution is 2.23. The van der Waals surface area contributed by atoms with Gasteiger partial charge in [0.1, 0.15) is 0 Å². The van der Waals surface area contributed by atoms with Crippen molar-refractivity contribution in [2.75, 3.05) is 7.11 Å². The van der Waals surface area contributed by atoms with E-state index in [1.54, 1.807) is 0 Å². The van der Waals surface area contributed by atoms with E-state index >= 15 is 0 Å². The van der Waals surface area contributed by atoms with Gasteiger partial charge < -0.3 is 4.74 Å². The van der Waals surface area contributed by atoms with Crippen molar-refractivity contribution in [1.82, 2.24) is 0 Å². The summed E-state index contributed by atoms with van der Waals surface area (Å²) in [4.78, 5) is 11.5. The number of carbonyl (C=O) groups excluding carboxylic acids is 1. The number of fused-ring (bicyclic) bond motifs is 1. The molecule has 18 heavy (non-hydrogen) atoms. The van der Waals surface area contributed by atoms with E-state index < -0.39 is 0 Å². The fourth-order valence-electron chi connectivity index (χ4n) is 2.12. The summed E-state index contributed by atoms with van der Waals surface area (Å²) in [5, 5.41) is 2.38. The largest absolute Gasteiger partial charge is 0.469 e. The molecule has 0 fully saturated rings. The highest BCUT2D eigenvalue weighted by Gasteiger charge is 2.15. The second kappa shape index (κ2) is 5.21. The van der Waals surface area contributed by atoms with Crippen molar-refractivity contribution in [3.8, 4) is 0 Å². The van der Waals surface area contributed by atoms with Crippen LogP contribution in [0.5, 0.6) is 0 Å². The lowest BCUT2D eigenvalue weighted by Gasteiger charge is -2.10. The zero-order chi connectivity index (χ0) is 13.1. The van der Waals surface area contributed by atoms with Gasteiger partial charge in [0, 0.05) is 0 Å². The number of esters is 1. The predicted octanol–water partition coefficient (Wildman–Crippen LogP) is 3.68. The van der Waals surface area contributed by atoms with Gasteiger partial charge in [0.05, 0.1) is 13.0 Å². The SMILES string of the molecule is CCc1ccc2cc(C(C)C(=O)OC)ccc2c1. The summed E-state index contributed by atoms with van der Waals surface area (Å²) in [5.74, 6) is -0.412. The molecule has 0 saturated heterocycles. The molecule has 2 rings (SSSR count). The Balaban J connectivity index is 2.42. The van der Waals surface area contributed by atoms with E-state index in [0.29, 0.717) is 0 Å². The molecule has 0 aliphatic rings. The minimum absolute atomic E-state index is 0.195. The van der Waals surface area contributed by atoms with Crippen LogP contribution >= 0.6 is 0 Å². The molecule has 1 atom stereocenters. The normalized spacial score (nSPS) is 12.4. The van der Waals surface area contributed by atoms with Crippen LogP contribution in [0.4, 0.5) is 0 Å². The van der Waals surface area contributed by atoms with Gasteiger partial charge >= 0.3 is 5.97 Å². The van der Waals surface area contributed by atoms with Crippen LogP contribution in [0.2, 0.25) is 0 Å². The topological polar surface area (TPSA) is 26.3 Å². The maximum atomic E-state index is 11.5. The minimum Gasteiger partial charge on any atom is -0.469 e. The van der Waals surface area contributed by atoms with Crippen LogP contribution in [-0.4, -0.2) is 13.1 Å². The zero-order valence-corrected chi connectivity index (χ0v) is 11.1. The first-order chi connectivity index (χ1) is 8.65. The molecule has 2 nitrogen and oxygen atoms in total. The van der Waals surface area contributed by atoms with Crippen LogP contribution in [0.25, 0.3) is 10.8 Å². The Labute approximate surface area is 108 Å². The standard InChI is InChI=1S/C16H18O2/c1-4-12-5-6-15-10-13(7-8-14(15)9-12)11(2)16(17)18-3/h5-11H,4H2,1-3H3. The summed E-state index contributed by atoms with van der Waals surface area (Å²) in [6.07, 6.45) is 1.04. The van der Waals surface area contributed by atoms with Gasteiger partial charge in [0.2, 0.25) is 0 Å². The van der Waals surface area contributed by atoms with E-state index in [2.05, 4.69) is 37.3 Å². The van der Waals surface area contributed by atoms with Crippen molar-refractivity contribution in [1.29, 1.82) is 0 Å². The van der Waals surface area contributed by atoms with Crippen LogP contribution in [0.15, 0.2) is 36.4 Å². The van der Waals surface area contributed by atoms with E-state index in [9.17, 15) is 4.79 Å². The van der Waals surface area contributed by atoms with Gasteiger partial charge in [0.25, 0.3) is 0 Å². The molecule has 1 unspecified atom stereocenters. The van der Waals surface area contributed by atoms with E-state index in [4.69, 9.17) is 4.74 Å². The summed E-state index contributed by atoms with van der Waals surface area (Å²) in [6, 6.07) is 12.6. The molecular weight excluding hydrogens is 224 g/mol. The molecule has 0 heterocycles. The van der Waals surface area contributed by atoms with E-state index in [1.807, 2.05) is 13.0 Å². The van der Waals surface area contributed by atoms with Crippen LogP contribution < -0.4 is 0 Å². The van der Waals surface area contributed by atoms with E-state index in [0.717, 1.165) is 12.0 Å². The smallest absolute Gasteiger partial charge is 0.312 e. The second-order valence-electron chi connectivity index (χ2n) is 4.54. The summed E-state index contributed by atoms with van der Waals surface area (Å²) in [6.45, 7) is 4.02. The number of hydrogen-bond donors (Lipinski definition) is 0. The fourth-order valence-corrected chi connectivity index (χ4v) is 2.12. The molecular formula is C16H18O2. The van der Waals surface area contributed by atoms with Crippen LogP contribution in [0, 0.1) is 0 Å². The molecule has 0 bridgehead atoms. The number of rotatable bonds is 3. The molecule has 2 heteroatoms. The lowest BCUT2D eigenvalue weighted by Crippen LogP contribution is -2.10. The van der Waals surface area contributed by atoms with Gasteiger partial charge in [-0.15, -0.1) is 0 Å². The number of aryl methyl sites for hydroxylation is 1. The Morgan fingerprint density at radius 3 is 2.50 bits per heavy atom. The number of carbonyl (C=O) groups is 1. The average Bonchev–Trinajstić information content (AvgIpc) is 2.44. The van der Waals surface area contributed by atoms with Crippen molar-refractivity contribution in [2.24, 2.45) is 0 Å². The third kappa shape index (κ3) is 2.37. The Hall–Kier alpha value is -1.83. The van der Waals surface area contributed by atoms with E-state index in [1.165, 1.54) is 23.4 Å². The Morgan fingerprint density at radius 1 is 1.17 bits per heavy atom. The average molecular weight is 242 g/mol. The van der Waals surface area contributed by atoms with Gasteiger partial charge in [-0.3, -0.25) is 4.79 Å². The number of hydrogen-bond acceptors (Lipinski definition) is 2. The maximum Gasteiger partial charge on any atom is 0.312 e. The van der Waals surface area contributed by atoms with Crippen LogP contribution in [0.3, 0.4) is 0 Å². The molecule has 0 aromatic heterocycles. The third-order valence-electron chi connectivity index (χ3n) is 3.39. The summed E-state index contributed by atoms with van der Waals surface area (Å²) in [5.41, 5.74) is 2.33. The molecule has 0 N–H and O–H groups in total. The number of benzene rings is 2. The van der Waals surface area contributed by atoms with Crippen molar-refractivity contribution < 1.29 is 9.53 Å². The van der Waals surface area contributed by atoms with Gasteiger partial charge in [0.15, 0.2) is 0 Å². The van der Waals surface area contributed by atoms with Gasteiger partial charge in [-0.25, -0.2) is 0 Å². The molecule has 0 spiro atoms. The van der Waals surface area contributed by atoms with Gasteiger partial charge in [-0.05, 0) is 35.2 Å². The Morgan fingerprint density at radius 2 is 1.83 bits per heavy atom. The van der Waals surface area contributed by atoms with Crippen molar-refractivity contribution in [3.05, 3.63) is 47.5 Å². The predicted molar refractivity (Wildman–Crippen MR) is 73.8 cm³/mol. The minimum atomic E-state index is -0.217. The van der Waals surface area contributed by atoms with Crippen molar-refractivity contribution in [3.63, 3.8) is 0 Å². The quantitative estimate of drug-likeness (QED) is 0.767. The molecule has 0 saturated carbocycles. The Kier molecular flexibility index (Phi) is 3.66. The third-order valence-corrected chi connectivity index (χ3v) is 3.39. The van der Waals surface area contributed by atoms with Crippen molar-refractivity contribution in [2.45, 2.75) is 26.2 Å². The van der Waals surface area contributed by atoms with Crippen LogP contribution in [-0.2, 0) is 16.0 Å². The lowest BCUT2D eigenvalue weighted by atomic mass is 9.97. The molecule has 94 valence electrons. The summed E-state index contributed by atoms with van der Waals surface area (Å²) < 4.78 is 4.78. The summed E-state index contributed by atoms with van der Waals surface area (Å²) in [7, 11) is 1.42. The lowest BCUT2D eigenvalue weighted by molar-refractivity contribution is -0.141. The second-order valence-corrected chi connectivity index (χ2v) is 4.54. The van der Waals surface area contributed by atoms with Gasteiger partial charge in [-0.2, -0.15) is 0 Å². The summed E-state index contributed by atoms with van der Waals surface area (Å²) >= 11 is 0. The Bertz CT molecular complexity index is 572. The molecule has 0 amide bonds. The highest BCUT2D eigenvalue weighted by atomic mass is 16.5. The van der Waals surface area contributed by atoms with Gasteiger partial charge in [-0.1, -0.05) is 43.3 Å². The molecule has 2 aromatic rings. The molecule has 2 aromatic carbocycles. The van der Waals surface area contributed by atoms with E-state index in [-0.39, 0.29) is 11.9 Å². The first-order valence-corrected chi connectivity index (χ1v) is 6.26. The maximum absolute atomic E-state index is 11.5. The van der Waals surface area contributed by atoms with Crippen molar-refractivity contribution >= 4 is 16.7 Å². The highest BCUT2D eigenvalue weighted by molar-refractivity contribution is 5.86. The first kappa shape index (κ1) is 12.6. The molecule has 0 radical (unpaired) electrons. The number of methoxy groups -OCH3 is 1. The fraction of sp³-hybridized carbons (Fsp3) is 0.312. The molecule has 0 aliphatic heterocycles. The first-order valence-electron chi connectivity index (χ1n) is 6.26.